The maximum absolute atomic E-state index is 12.6. The molecule has 1 aliphatic rings. The van der Waals surface area contributed by atoms with Gasteiger partial charge in [-0.3, -0.25) is 4.57 Å². The Bertz CT molecular complexity index is 1270. The summed E-state index contributed by atoms with van der Waals surface area (Å²) in [5.74, 6) is 0. The Morgan fingerprint density at radius 3 is 2.74 bits per heavy atom. The number of aromatic nitrogens is 3. The van der Waals surface area contributed by atoms with E-state index < -0.39 is 11.7 Å². The van der Waals surface area contributed by atoms with Crippen LogP contribution in [0.2, 0.25) is 0 Å². The highest BCUT2D eigenvalue weighted by molar-refractivity contribution is 5.75. The highest BCUT2D eigenvalue weighted by Gasteiger charge is 2.19. The van der Waals surface area contributed by atoms with Crippen LogP contribution in [0.1, 0.15) is 64.6 Å². The molecule has 2 atom stereocenters. The van der Waals surface area contributed by atoms with Gasteiger partial charge in [0.25, 0.3) is 0 Å². The summed E-state index contributed by atoms with van der Waals surface area (Å²) in [5.41, 5.74) is 2.43. The highest BCUT2D eigenvalue weighted by atomic mass is 16.7. The van der Waals surface area contributed by atoms with Crippen LogP contribution >= 0.6 is 0 Å². The summed E-state index contributed by atoms with van der Waals surface area (Å²) in [5, 5.41) is 3.68. The van der Waals surface area contributed by atoms with Gasteiger partial charge >= 0.3 is 11.8 Å². The van der Waals surface area contributed by atoms with Gasteiger partial charge in [-0.2, -0.15) is 4.98 Å². The van der Waals surface area contributed by atoms with Gasteiger partial charge in [0.1, 0.15) is 11.2 Å². The lowest BCUT2D eigenvalue weighted by Gasteiger charge is -2.26. The quantitative estimate of drug-likeness (QED) is 0.365. The SMILES string of the molecule is CCc1cc2cn(-c3ccc(CO[C@H](CCNC(=O)OC(C)(C)C)COC4CCCCO4)cc3)c(=O)nc2[nH]1. The van der Waals surface area contributed by atoms with E-state index >= 15 is 0 Å². The Morgan fingerprint density at radius 2 is 2.05 bits per heavy atom. The lowest BCUT2D eigenvalue weighted by molar-refractivity contribution is -0.181. The molecule has 1 saturated heterocycles. The van der Waals surface area contributed by atoms with E-state index in [1.54, 1.807) is 4.57 Å². The molecule has 2 aromatic heterocycles. The van der Waals surface area contributed by atoms with E-state index in [0.717, 1.165) is 48.0 Å². The van der Waals surface area contributed by atoms with Crippen molar-refractivity contribution in [2.24, 2.45) is 0 Å². The largest absolute Gasteiger partial charge is 0.444 e. The van der Waals surface area contributed by atoms with Crippen molar-refractivity contribution >= 4 is 17.1 Å². The van der Waals surface area contributed by atoms with E-state index in [-0.39, 0.29) is 18.1 Å². The zero-order chi connectivity index (χ0) is 27.8. The Hall–Kier alpha value is -3.21. The summed E-state index contributed by atoms with van der Waals surface area (Å²) < 4.78 is 24.7. The molecule has 1 aliphatic heterocycles. The van der Waals surface area contributed by atoms with Gasteiger partial charge in [0.05, 0.1) is 25.0 Å². The predicted octanol–water partition coefficient (Wildman–Crippen LogP) is 4.62. The summed E-state index contributed by atoms with van der Waals surface area (Å²) >= 11 is 0. The number of H-pyrrole nitrogens is 1. The van der Waals surface area contributed by atoms with Crippen LogP contribution in [-0.4, -0.2) is 58.4 Å². The van der Waals surface area contributed by atoms with Gasteiger partial charge in [-0.1, -0.05) is 19.1 Å². The second kappa shape index (κ2) is 13.2. The summed E-state index contributed by atoms with van der Waals surface area (Å²) in [6, 6.07) is 9.64. The van der Waals surface area contributed by atoms with Crippen molar-refractivity contribution in [3.05, 3.63) is 58.3 Å². The van der Waals surface area contributed by atoms with Crippen LogP contribution in [0, 0.1) is 0 Å². The first-order valence-electron chi connectivity index (χ1n) is 13.7. The summed E-state index contributed by atoms with van der Waals surface area (Å²) in [6.45, 7) is 9.35. The molecule has 3 aromatic rings. The number of aromatic amines is 1. The highest BCUT2D eigenvalue weighted by Crippen LogP contribution is 2.17. The molecular formula is C29H40N4O6. The van der Waals surface area contributed by atoms with Crippen LogP contribution in [0.4, 0.5) is 4.79 Å². The molecule has 1 fully saturated rings. The molecular weight excluding hydrogens is 500 g/mol. The number of rotatable bonds is 11. The fourth-order valence-electron chi connectivity index (χ4n) is 4.31. The molecule has 1 aromatic carbocycles. The van der Waals surface area contributed by atoms with Gasteiger partial charge in [0.2, 0.25) is 0 Å². The van der Waals surface area contributed by atoms with Gasteiger partial charge in [-0.15, -0.1) is 0 Å². The van der Waals surface area contributed by atoms with E-state index in [4.69, 9.17) is 18.9 Å². The van der Waals surface area contributed by atoms with Gasteiger partial charge in [0, 0.05) is 30.4 Å². The molecule has 0 saturated carbocycles. The Kier molecular flexibility index (Phi) is 9.77. The first-order valence-corrected chi connectivity index (χ1v) is 13.7. The zero-order valence-electron chi connectivity index (χ0n) is 23.3. The van der Waals surface area contributed by atoms with Crippen molar-refractivity contribution in [2.45, 2.75) is 84.4 Å². The molecule has 0 aliphatic carbocycles. The molecule has 10 heteroatoms. The normalized spacial score (nSPS) is 16.8. The molecule has 39 heavy (non-hydrogen) atoms. The number of carbonyl (C=O) groups is 1. The monoisotopic (exact) mass is 540 g/mol. The van der Waals surface area contributed by atoms with Crippen LogP contribution in [0.15, 0.2) is 41.3 Å². The number of nitrogens with one attached hydrogen (secondary N) is 2. The number of alkyl carbamates (subject to hydrolysis) is 1. The lowest BCUT2D eigenvalue weighted by atomic mass is 10.2. The smallest absolute Gasteiger partial charge is 0.407 e. The van der Waals surface area contributed by atoms with Crippen molar-refractivity contribution in [1.29, 1.82) is 0 Å². The second-order valence-electron chi connectivity index (χ2n) is 10.8. The Balaban J connectivity index is 1.36. The third-order valence-electron chi connectivity index (χ3n) is 6.39. The topological polar surface area (TPSA) is 117 Å². The first kappa shape index (κ1) is 28.8. The second-order valence-corrected chi connectivity index (χ2v) is 10.8. The number of hydrogen-bond acceptors (Lipinski definition) is 7. The van der Waals surface area contributed by atoms with Crippen molar-refractivity contribution in [1.82, 2.24) is 19.9 Å². The third kappa shape index (κ3) is 8.64. The van der Waals surface area contributed by atoms with Gasteiger partial charge in [-0.25, -0.2) is 9.59 Å². The fraction of sp³-hybridized carbons (Fsp3) is 0.552. The van der Waals surface area contributed by atoms with E-state index in [2.05, 4.69) is 22.2 Å². The zero-order valence-corrected chi connectivity index (χ0v) is 23.3. The Morgan fingerprint density at radius 1 is 1.26 bits per heavy atom. The molecule has 0 radical (unpaired) electrons. The molecule has 1 unspecified atom stereocenters. The van der Waals surface area contributed by atoms with Crippen molar-refractivity contribution in [2.75, 3.05) is 19.8 Å². The van der Waals surface area contributed by atoms with E-state index in [1.165, 1.54) is 0 Å². The number of ether oxygens (including phenoxy) is 4. The van der Waals surface area contributed by atoms with Crippen LogP contribution in [0.5, 0.6) is 0 Å². The van der Waals surface area contributed by atoms with E-state index in [9.17, 15) is 9.59 Å². The summed E-state index contributed by atoms with van der Waals surface area (Å²) in [6.07, 6.45) is 5.28. The minimum absolute atomic E-state index is 0.222. The van der Waals surface area contributed by atoms with E-state index in [1.807, 2.05) is 57.3 Å². The standard InChI is InChI=1S/C29H40N4O6/c1-5-22-16-21-17-33(27(34)32-26(21)31-22)23-11-9-20(10-12-23)18-37-24(19-38-25-8-6-7-15-36-25)13-14-30-28(35)39-29(2,3)4/h9-12,16-17,24-25H,5-8,13-15,18-19H2,1-4H3,(H,30,35)(H,31,32,34)/t24-,25?/m1/s1. The molecule has 10 nitrogen and oxygen atoms in total. The number of carbonyl (C=O) groups excluding carboxylic acids is 1. The van der Waals surface area contributed by atoms with Crippen molar-refractivity contribution in [3.8, 4) is 5.69 Å². The average Bonchev–Trinajstić information content (AvgIpc) is 3.31. The van der Waals surface area contributed by atoms with Crippen LogP contribution in [-0.2, 0) is 32.0 Å². The molecule has 212 valence electrons. The van der Waals surface area contributed by atoms with Crippen molar-refractivity contribution in [3.63, 3.8) is 0 Å². The number of aryl methyl sites for hydroxylation is 1. The molecule has 3 heterocycles. The van der Waals surface area contributed by atoms with Gasteiger partial charge in [-0.05, 0) is 76.6 Å². The number of nitrogens with zero attached hydrogens (tertiary/aromatic N) is 2. The van der Waals surface area contributed by atoms with Crippen LogP contribution in [0.3, 0.4) is 0 Å². The van der Waals surface area contributed by atoms with Gasteiger partial charge in [0.15, 0.2) is 6.29 Å². The fourth-order valence-corrected chi connectivity index (χ4v) is 4.31. The summed E-state index contributed by atoms with van der Waals surface area (Å²) in [4.78, 5) is 32.0. The average molecular weight is 541 g/mol. The van der Waals surface area contributed by atoms with Gasteiger partial charge < -0.3 is 29.2 Å². The molecule has 1 amide bonds. The minimum atomic E-state index is -0.555. The van der Waals surface area contributed by atoms with Crippen molar-refractivity contribution < 1.29 is 23.7 Å². The molecule has 2 N–H and O–H groups in total. The van der Waals surface area contributed by atoms with Crippen LogP contribution < -0.4 is 11.0 Å². The third-order valence-corrected chi connectivity index (χ3v) is 6.39. The molecule has 0 spiro atoms. The Labute approximate surface area is 229 Å². The summed E-state index contributed by atoms with van der Waals surface area (Å²) in [7, 11) is 0. The molecule has 0 bridgehead atoms. The number of fused-ring (bicyclic) bond motifs is 1. The van der Waals surface area contributed by atoms with Crippen LogP contribution in [0.25, 0.3) is 16.7 Å². The predicted molar refractivity (Wildman–Crippen MR) is 148 cm³/mol. The first-order chi connectivity index (χ1) is 18.7. The minimum Gasteiger partial charge on any atom is -0.444 e. The van der Waals surface area contributed by atoms with E-state index in [0.29, 0.717) is 38.4 Å². The number of hydrogen-bond donors (Lipinski definition) is 2. The number of amides is 1. The molecule has 4 rings (SSSR count). The maximum Gasteiger partial charge on any atom is 0.407 e. The lowest BCUT2D eigenvalue weighted by Crippen LogP contribution is -2.35. The maximum atomic E-state index is 12.6. The number of benzene rings is 1.